The van der Waals surface area contributed by atoms with Crippen LogP contribution in [0.5, 0.6) is 0 Å². The lowest BCUT2D eigenvalue weighted by molar-refractivity contribution is 0.462. The molecule has 1 aliphatic heterocycles. The number of piperidine rings is 1. The minimum absolute atomic E-state index is 0.393. The van der Waals surface area contributed by atoms with Gasteiger partial charge < -0.3 is 10.6 Å². The lowest BCUT2D eigenvalue weighted by Crippen LogP contribution is -2.44. The fraction of sp³-hybridized carbons (Fsp3) is 0.600. The number of hydrogen-bond acceptors (Lipinski definition) is 4. The maximum absolute atomic E-state index is 5.85. The van der Waals surface area contributed by atoms with Crippen molar-refractivity contribution in [2.75, 3.05) is 18.0 Å². The fourth-order valence-corrected chi connectivity index (χ4v) is 2.17. The van der Waals surface area contributed by atoms with Crippen molar-refractivity contribution in [3.8, 4) is 0 Å². The number of hydrogen-bond donors (Lipinski definition) is 1. The summed E-state index contributed by atoms with van der Waals surface area (Å²) in [4.78, 5) is 10.4. The average molecular weight is 227 g/mol. The van der Waals surface area contributed by atoms with Gasteiger partial charge in [0, 0.05) is 25.2 Å². The van der Waals surface area contributed by atoms with Crippen LogP contribution in [0.2, 0.25) is 5.15 Å². The van der Waals surface area contributed by atoms with Gasteiger partial charge >= 0.3 is 0 Å². The predicted molar refractivity (Wildman–Crippen MR) is 61.1 cm³/mol. The first kappa shape index (κ1) is 10.6. The molecule has 0 aromatic carbocycles. The van der Waals surface area contributed by atoms with Gasteiger partial charge in [0.15, 0.2) is 0 Å². The molecule has 1 fully saturated rings. The molecule has 0 radical (unpaired) electrons. The van der Waals surface area contributed by atoms with Crippen LogP contribution in [0.25, 0.3) is 0 Å². The molecule has 1 saturated heterocycles. The second-order valence-corrected chi connectivity index (χ2v) is 4.16. The maximum Gasteiger partial charge on any atom is 0.134 e. The fourth-order valence-electron chi connectivity index (χ4n) is 2.03. The average Bonchev–Trinajstić information content (AvgIpc) is 2.29. The largest absolute Gasteiger partial charge is 0.352 e. The lowest BCUT2D eigenvalue weighted by Gasteiger charge is -2.35. The molecule has 1 atom stereocenters. The summed E-state index contributed by atoms with van der Waals surface area (Å²) in [6.07, 6.45) is 5.08. The zero-order valence-corrected chi connectivity index (χ0v) is 9.32. The molecule has 1 aliphatic rings. The number of aromatic nitrogens is 2. The number of rotatable bonds is 2. The predicted octanol–water partition coefficient (Wildman–Crippen LogP) is 1.45. The molecule has 15 heavy (non-hydrogen) atoms. The molecule has 82 valence electrons. The first-order valence-corrected chi connectivity index (χ1v) is 5.63. The van der Waals surface area contributed by atoms with Crippen LogP contribution in [0.3, 0.4) is 0 Å². The smallest absolute Gasteiger partial charge is 0.134 e. The van der Waals surface area contributed by atoms with Crippen LogP contribution in [0.1, 0.15) is 19.3 Å². The third-order valence-electron chi connectivity index (χ3n) is 2.81. The molecule has 0 aliphatic carbocycles. The summed E-state index contributed by atoms with van der Waals surface area (Å²) in [6.45, 7) is 1.68. The van der Waals surface area contributed by atoms with Gasteiger partial charge in [-0.2, -0.15) is 0 Å². The molecule has 0 spiro atoms. The van der Waals surface area contributed by atoms with E-state index in [9.17, 15) is 0 Å². The Labute approximate surface area is 94.5 Å². The standard InChI is InChI=1S/C10H15ClN4/c11-9-5-10(14-7-13-9)15-4-2-1-3-8(15)6-12/h5,7-8H,1-4,6,12H2/t8-/m0/s1. The van der Waals surface area contributed by atoms with Gasteiger partial charge in [-0.25, -0.2) is 9.97 Å². The normalized spacial score (nSPS) is 21.7. The quantitative estimate of drug-likeness (QED) is 0.776. The van der Waals surface area contributed by atoms with Crippen LogP contribution in [0, 0.1) is 0 Å². The summed E-state index contributed by atoms with van der Waals surface area (Å²) < 4.78 is 0. The number of nitrogens with zero attached hydrogens (tertiary/aromatic N) is 3. The van der Waals surface area contributed by atoms with E-state index in [1.165, 1.54) is 19.2 Å². The monoisotopic (exact) mass is 226 g/mol. The van der Waals surface area contributed by atoms with E-state index >= 15 is 0 Å². The van der Waals surface area contributed by atoms with Crippen molar-refractivity contribution in [3.63, 3.8) is 0 Å². The van der Waals surface area contributed by atoms with Crippen LogP contribution < -0.4 is 10.6 Å². The maximum atomic E-state index is 5.85. The minimum atomic E-state index is 0.393. The number of halogens is 1. The third-order valence-corrected chi connectivity index (χ3v) is 3.02. The highest BCUT2D eigenvalue weighted by Gasteiger charge is 2.22. The number of anilines is 1. The molecule has 2 rings (SSSR count). The third kappa shape index (κ3) is 2.38. The molecular formula is C10H15ClN4. The highest BCUT2D eigenvalue weighted by molar-refractivity contribution is 6.29. The molecule has 2 heterocycles. The molecule has 2 N–H and O–H groups in total. The molecule has 0 bridgehead atoms. The van der Waals surface area contributed by atoms with Crippen LogP contribution in [-0.4, -0.2) is 29.1 Å². The van der Waals surface area contributed by atoms with Crippen LogP contribution >= 0.6 is 11.6 Å². The summed E-state index contributed by atoms with van der Waals surface area (Å²) in [5, 5.41) is 0.487. The SMILES string of the molecule is NC[C@@H]1CCCCN1c1cc(Cl)ncn1. The molecule has 4 nitrogen and oxygen atoms in total. The minimum Gasteiger partial charge on any atom is -0.352 e. The van der Waals surface area contributed by atoms with E-state index in [0.29, 0.717) is 17.7 Å². The van der Waals surface area contributed by atoms with Crippen molar-refractivity contribution in [2.45, 2.75) is 25.3 Å². The molecular weight excluding hydrogens is 212 g/mol. The van der Waals surface area contributed by atoms with E-state index < -0.39 is 0 Å². The zero-order valence-electron chi connectivity index (χ0n) is 8.56. The van der Waals surface area contributed by atoms with Crippen molar-refractivity contribution < 1.29 is 0 Å². The Kier molecular flexibility index (Phi) is 3.38. The Hall–Kier alpha value is -0.870. The molecule has 0 unspecified atom stereocenters. The Balaban J connectivity index is 2.20. The topological polar surface area (TPSA) is 55.0 Å². The summed E-state index contributed by atoms with van der Waals surface area (Å²) in [5.41, 5.74) is 5.75. The van der Waals surface area contributed by atoms with Crippen LogP contribution in [-0.2, 0) is 0 Å². The van der Waals surface area contributed by atoms with Gasteiger partial charge in [-0.1, -0.05) is 11.6 Å². The van der Waals surface area contributed by atoms with E-state index in [0.717, 1.165) is 18.8 Å². The zero-order chi connectivity index (χ0) is 10.7. The van der Waals surface area contributed by atoms with Gasteiger partial charge in [0.25, 0.3) is 0 Å². The van der Waals surface area contributed by atoms with Gasteiger partial charge in [0.2, 0.25) is 0 Å². The highest BCUT2D eigenvalue weighted by Crippen LogP contribution is 2.23. The molecule has 0 amide bonds. The Morgan fingerprint density at radius 2 is 2.33 bits per heavy atom. The van der Waals surface area contributed by atoms with E-state index in [1.54, 1.807) is 6.07 Å². The summed E-state index contributed by atoms with van der Waals surface area (Å²) in [6, 6.07) is 2.19. The van der Waals surface area contributed by atoms with Crippen molar-refractivity contribution in [1.82, 2.24) is 9.97 Å². The van der Waals surface area contributed by atoms with Gasteiger partial charge in [0.05, 0.1) is 0 Å². The van der Waals surface area contributed by atoms with E-state index in [4.69, 9.17) is 17.3 Å². The van der Waals surface area contributed by atoms with Crippen molar-refractivity contribution in [1.29, 1.82) is 0 Å². The van der Waals surface area contributed by atoms with E-state index in [2.05, 4.69) is 14.9 Å². The van der Waals surface area contributed by atoms with Gasteiger partial charge in [-0.15, -0.1) is 0 Å². The summed E-state index contributed by atoms with van der Waals surface area (Å²) >= 11 is 5.85. The van der Waals surface area contributed by atoms with Crippen LogP contribution in [0.4, 0.5) is 5.82 Å². The van der Waals surface area contributed by atoms with Gasteiger partial charge in [-0.05, 0) is 19.3 Å². The van der Waals surface area contributed by atoms with Gasteiger partial charge in [0.1, 0.15) is 17.3 Å². The first-order valence-electron chi connectivity index (χ1n) is 5.25. The Morgan fingerprint density at radius 3 is 3.07 bits per heavy atom. The summed E-state index contributed by atoms with van der Waals surface area (Å²) in [7, 11) is 0. The van der Waals surface area contributed by atoms with Crippen molar-refractivity contribution in [2.24, 2.45) is 5.73 Å². The Morgan fingerprint density at radius 1 is 1.47 bits per heavy atom. The Bertz CT molecular complexity index is 331. The second-order valence-electron chi connectivity index (χ2n) is 3.78. The molecule has 1 aromatic rings. The molecule has 1 aromatic heterocycles. The molecule has 0 saturated carbocycles. The van der Waals surface area contributed by atoms with Gasteiger partial charge in [-0.3, -0.25) is 0 Å². The highest BCUT2D eigenvalue weighted by atomic mass is 35.5. The van der Waals surface area contributed by atoms with Crippen LogP contribution in [0.15, 0.2) is 12.4 Å². The second kappa shape index (κ2) is 4.77. The van der Waals surface area contributed by atoms with Crippen molar-refractivity contribution >= 4 is 17.4 Å². The molecule has 5 heteroatoms. The van der Waals surface area contributed by atoms with Crippen molar-refractivity contribution in [3.05, 3.63) is 17.5 Å². The lowest BCUT2D eigenvalue weighted by atomic mass is 10.0. The number of nitrogens with two attached hydrogens (primary N) is 1. The van der Waals surface area contributed by atoms with E-state index in [1.807, 2.05) is 0 Å². The first-order chi connectivity index (χ1) is 7.31. The van der Waals surface area contributed by atoms with E-state index in [-0.39, 0.29) is 0 Å². The summed E-state index contributed by atoms with van der Waals surface area (Å²) in [5.74, 6) is 0.894.